The predicted molar refractivity (Wildman–Crippen MR) is 73.2 cm³/mol. The maximum Gasteiger partial charge on any atom is 0.524 e. The van der Waals surface area contributed by atoms with E-state index in [0.29, 0.717) is 16.5 Å². The summed E-state index contributed by atoms with van der Waals surface area (Å²) in [5.41, 5.74) is 1.06. The Morgan fingerprint density at radius 1 is 1.47 bits per heavy atom. The molecule has 0 radical (unpaired) electrons. The highest BCUT2D eigenvalue weighted by atomic mass is 31.2. The Bertz CT molecular complexity index is 685. The highest BCUT2D eigenvalue weighted by molar-refractivity contribution is 7.46. The van der Waals surface area contributed by atoms with Crippen molar-refractivity contribution in [3.05, 3.63) is 30.0 Å². The molecular formula is C12H17N2O4P. The standard InChI is InChI=1S/C12H17N2O4P/c1-14(2)7-6-9-8-13-10-4-3-5-11(12(9)10)18-19(15,16)17/h3-5,8,13H,6-7H2,1-2H3,(H2,15,16,17)/i6D,7D. The Balaban J connectivity index is 2.53. The van der Waals surface area contributed by atoms with Crippen molar-refractivity contribution in [1.29, 1.82) is 0 Å². The Labute approximate surface area is 114 Å². The van der Waals surface area contributed by atoms with Crippen LogP contribution in [-0.4, -0.2) is 40.3 Å². The van der Waals surface area contributed by atoms with Gasteiger partial charge in [0.05, 0.1) is 0 Å². The Kier molecular flexibility index (Phi) is 3.23. The van der Waals surface area contributed by atoms with Gasteiger partial charge in [-0.3, -0.25) is 9.79 Å². The molecule has 0 aliphatic rings. The zero-order chi connectivity index (χ0) is 15.8. The largest absolute Gasteiger partial charge is 0.524 e. The average molecular weight is 286 g/mol. The van der Waals surface area contributed by atoms with Crippen LogP contribution in [0.3, 0.4) is 0 Å². The van der Waals surface area contributed by atoms with Gasteiger partial charge in [-0.25, -0.2) is 4.57 Å². The number of likely N-dealkylation sites (N-methyl/N-ethyl adjacent to an activating group) is 1. The number of nitrogens with zero attached hydrogens (tertiary/aromatic N) is 1. The van der Waals surface area contributed by atoms with E-state index < -0.39 is 20.7 Å². The van der Waals surface area contributed by atoms with E-state index in [1.165, 1.54) is 6.07 Å². The number of fused-ring (bicyclic) bond motifs is 1. The second-order valence-corrected chi connectivity index (χ2v) is 5.45. The van der Waals surface area contributed by atoms with Crippen molar-refractivity contribution >= 4 is 18.7 Å². The minimum absolute atomic E-state index is 0.000268. The molecule has 2 rings (SSSR count). The minimum Gasteiger partial charge on any atom is -0.404 e. The van der Waals surface area contributed by atoms with E-state index in [4.69, 9.17) is 17.1 Å². The summed E-state index contributed by atoms with van der Waals surface area (Å²) in [7, 11) is -1.30. The van der Waals surface area contributed by atoms with E-state index in [1.54, 1.807) is 37.3 Å². The molecule has 1 heterocycles. The highest BCUT2D eigenvalue weighted by Crippen LogP contribution is 2.41. The van der Waals surface area contributed by atoms with E-state index in [9.17, 15) is 4.57 Å². The van der Waals surface area contributed by atoms with Gasteiger partial charge < -0.3 is 14.4 Å². The first-order valence-corrected chi connectivity index (χ1v) is 7.10. The summed E-state index contributed by atoms with van der Waals surface area (Å²) < 4.78 is 31.9. The van der Waals surface area contributed by atoms with E-state index in [-0.39, 0.29) is 5.75 Å². The maximum atomic E-state index is 11.1. The molecule has 0 bridgehead atoms. The number of aromatic amines is 1. The number of aryl methyl sites for hydroxylation is 1. The van der Waals surface area contributed by atoms with E-state index >= 15 is 0 Å². The maximum absolute atomic E-state index is 11.1. The van der Waals surface area contributed by atoms with Crippen LogP contribution in [0.1, 0.15) is 8.30 Å². The summed E-state index contributed by atoms with van der Waals surface area (Å²) >= 11 is 0. The Hall–Kier alpha value is -1.33. The van der Waals surface area contributed by atoms with Gasteiger partial charge >= 0.3 is 7.82 Å². The molecule has 104 valence electrons. The second-order valence-electron chi connectivity index (χ2n) is 4.28. The first-order chi connectivity index (χ1) is 9.70. The first-order valence-electron chi connectivity index (χ1n) is 6.72. The smallest absolute Gasteiger partial charge is 0.404 e. The normalized spacial score (nSPS) is 17.1. The van der Waals surface area contributed by atoms with Crippen molar-refractivity contribution in [2.75, 3.05) is 20.6 Å². The fraction of sp³-hybridized carbons (Fsp3) is 0.333. The lowest BCUT2D eigenvalue weighted by atomic mass is 10.1. The van der Waals surface area contributed by atoms with Crippen LogP contribution in [-0.2, 0) is 11.0 Å². The molecule has 0 saturated carbocycles. The number of H-pyrrole nitrogens is 1. The zero-order valence-corrected chi connectivity index (χ0v) is 11.5. The van der Waals surface area contributed by atoms with Gasteiger partial charge in [0.25, 0.3) is 0 Å². The number of aromatic nitrogens is 1. The third kappa shape index (κ3) is 3.58. The van der Waals surface area contributed by atoms with Crippen LogP contribution in [0, 0.1) is 0 Å². The monoisotopic (exact) mass is 286 g/mol. The zero-order valence-electron chi connectivity index (χ0n) is 12.6. The quantitative estimate of drug-likeness (QED) is 0.729. The third-order valence-electron chi connectivity index (χ3n) is 2.47. The molecule has 19 heavy (non-hydrogen) atoms. The van der Waals surface area contributed by atoms with Crippen LogP contribution in [0.5, 0.6) is 5.75 Å². The van der Waals surface area contributed by atoms with Crippen LogP contribution in [0.25, 0.3) is 10.9 Å². The lowest BCUT2D eigenvalue weighted by Gasteiger charge is -2.11. The number of hydrogen-bond donors (Lipinski definition) is 3. The molecule has 0 aliphatic carbocycles. The summed E-state index contributed by atoms with van der Waals surface area (Å²) in [4.78, 5) is 22.5. The third-order valence-corrected chi connectivity index (χ3v) is 2.90. The predicted octanol–water partition coefficient (Wildman–Crippen LogP) is 1.74. The molecule has 6 nitrogen and oxygen atoms in total. The summed E-state index contributed by atoms with van der Waals surface area (Å²) in [6, 6.07) is 4.74. The van der Waals surface area contributed by atoms with Crippen molar-refractivity contribution in [2.24, 2.45) is 0 Å². The Morgan fingerprint density at radius 3 is 2.84 bits per heavy atom. The van der Waals surface area contributed by atoms with Crippen molar-refractivity contribution in [3.63, 3.8) is 0 Å². The van der Waals surface area contributed by atoms with Crippen molar-refractivity contribution in [2.45, 2.75) is 6.40 Å². The number of benzene rings is 1. The lowest BCUT2D eigenvalue weighted by Crippen LogP contribution is -2.14. The molecule has 2 unspecified atom stereocenters. The van der Waals surface area contributed by atoms with Gasteiger partial charge in [-0.2, -0.15) is 0 Å². The molecule has 0 spiro atoms. The number of hydrogen-bond acceptors (Lipinski definition) is 3. The minimum atomic E-state index is -4.69. The van der Waals surface area contributed by atoms with E-state index in [1.807, 2.05) is 0 Å². The van der Waals surface area contributed by atoms with Crippen LogP contribution in [0.2, 0.25) is 0 Å². The molecule has 3 N–H and O–H groups in total. The first kappa shape index (κ1) is 11.5. The second kappa shape index (κ2) is 5.35. The van der Waals surface area contributed by atoms with Crippen LogP contribution >= 0.6 is 7.82 Å². The molecule has 2 atom stereocenters. The molecular weight excluding hydrogens is 267 g/mol. The average Bonchev–Trinajstić information content (AvgIpc) is 2.80. The molecule has 0 fully saturated rings. The molecule has 0 aliphatic heterocycles. The molecule has 2 aromatic rings. The topological polar surface area (TPSA) is 85.8 Å². The van der Waals surface area contributed by atoms with Crippen molar-refractivity contribution < 1.29 is 21.6 Å². The summed E-state index contributed by atoms with van der Waals surface area (Å²) in [6.07, 6.45) is 0.662. The van der Waals surface area contributed by atoms with E-state index in [0.717, 1.165) is 0 Å². The van der Waals surface area contributed by atoms with Gasteiger partial charge in [-0.1, -0.05) is 6.07 Å². The van der Waals surface area contributed by atoms with Crippen LogP contribution < -0.4 is 4.52 Å². The molecule has 1 aromatic heterocycles. The van der Waals surface area contributed by atoms with Gasteiger partial charge in [0, 0.05) is 26.4 Å². The van der Waals surface area contributed by atoms with Gasteiger partial charge in [-0.05, 0) is 38.2 Å². The van der Waals surface area contributed by atoms with E-state index in [2.05, 4.69) is 4.98 Å². The molecule has 0 amide bonds. The number of phosphoric ester groups is 1. The summed E-state index contributed by atoms with van der Waals surface area (Å²) in [5.74, 6) is 0.000268. The van der Waals surface area contributed by atoms with Gasteiger partial charge in [0.2, 0.25) is 0 Å². The highest BCUT2D eigenvalue weighted by Gasteiger charge is 2.19. The van der Waals surface area contributed by atoms with Gasteiger partial charge in [0.1, 0.15) is 5.75 Å². The summed E-state index contributed by atoms with van der Waals surface area (Å²) in [6.45, 7) is -0.813. The van der Waals surface area contributed by atoms with Gasteiger partial charge in [-0.15, -0.1) is 0 Å². The van der Waals surface area contributed by atoms with Crippen molar-refractivity contribution in [1.82, 2.24) is 9.88 Å². The number of phosphoric acid groups is 1. The van der Waals surface area contributed by atoms with Crippen molar-refractivity contribution in [3.8, 4) is 5.75 Å². The van der Waals surface area contributed by atoms with Gasteiger partial charge in [0.15, 0.2) is 0 Å². The lowest BCUT2D eigenvalue weighted by molar-refractivity contribution is 0.284. The Morgan fingerprint density at radius 2 is 2.21 bits per heavy atom. The SMILES string of the molecule is [2H]C(c1c[nH]c2cccc(OP(=O)(O)O)c12)C([2H])N(C)C. The summed E-state index contributed by atoms with van der Waals surface area (Å²) in [5, 5.41) is 0.417. The molecule has 1 aromatic carbocycles. The molecule has 7 heteroatoms. The molecule has 0 saturated heterocycles. The number of rotatable bonds is 5. The van der Waals surface area contributed by atoms with Crippen LogP contribution in [0.15, 0.2) is 24.4 Å². The number of nitrogens with one attached hydrogen (secondary N) is 1. The fourth-order valence-electron chi connectivity index (χ4n) is 1.74. The van der Waals surface area contributed by atoms with Crippen LogP contribution in [0.4, 0.5) is 0 Å². The fourth-order valence-corrected chi connectivity index (χ4v) is 2.15.